The van der Waals surface area contributed by atoms with Gasteiger partial charge in [0.2, 0.25) is 11.8 Å². The number of nitrogens with zero attached hydrogens (tertiary/aromatic N) is 1. The summed E-state index contributed by atoms with van der Waals surface area (Å²) >= 11 is 0. The molecule has 0 aliphatic carbocycles. The Hall–Kier alpha value is -1.67. The third-order valence-electron chi connectivity index (χ3n) is 5.10. The van der Waals surface area contributed by atoms with E-state index in [1.807, 2.05) is 11.8 Å². The highest BCUT2D eigenvalue weighted by Crippen LogP contribution is 2.36. The van der Waals surface area contributed by atoms with Gasteiger partial charge in [-0.1, -0.05) is 47.5 Å². The Morgan fingerprint density at radius 3 is 2.46 bits per heavy atom. The predicted molar refractivity (Wildman–Crippen MR) is 108 cm³/mol. The molecule has 1 saturated heterocycles. The Balaban J connectivity index is 2.63. The first-order chi connectivity index (χ1) is 13.1. The lowest BCUT2D eigenvalue weighted by Crippen LogP contribution is -2.50. The molecule has 0 saturated carbocycles. The van der Waals surface area contributed by atoms with E-state index in [1.165, 1.54) is 5.48 Å². The lowest BCUT2D eigenvalue weighted by atomic mass is 9.88. The highest BCUT2D eigenvalue weighted by molar-refractivity contribution is 5.88. The van der Waals surface area contributed by atoms with Gasteiger partial charge in [-0.05, 0) is 30.6 Å². The molecular formula is C20H38N4O4. The van der Waals surface area contributed by atoms with E-state index in [2.05, 4.69) is 38.3 Å². The SMILES string of the molecule is CCCCC(NCC(=O)NO)C(=O)NCC(=O)N1CC(C)(C)CC1CC(C)C. The smallest absolute Gasteiger partial charge is 0.257 e. The third-order valence-corrected chi connectivity index (χ3v) is 5.10. The lowest BCUT2D eigenvalue weighted by molar-refractivity contribution is -0.134. The molecule has 28 heavy (non-hydrogen) atoms. The number of carbonyl (C=O) groups excluding carboxylic acids is 3. The number of hydroxylamine groups is 1. The molecule has 4 N–H and O–H groups in total. The Bertz CT molecular complexity index is 536. The summed E-state index contributed by atoms with van der Waals surface area (Å²) in [6.07, 6.45) is 4.22. The molecule has 8 heteroatoms. The average Bonchev–Trinajstić information content (AvgIpc) is 2.92. The van der Waals surface area contributed by atoms with Gasteiger partial charge in [-0.25, -0.2) is 5.48 Å². The van der Waals surface area contributed by atoms with Crippen molar-refractivity contribution in [2.75, 3.05) is 19.6 Å². The topological polar surface area (TPSA) is 111 Å². The summed E-state index contributed by atoms with van der Waals surface area (Å²) in [5.74, 6) is -0.469. The van der Waals surface area contributed by atoms with Crippen LogP contribution in [0.25, 0.3) is 0 Å². The number of nitrogens with one attached hydrogen (secondary N) is 3. The van der Waals surface area contributed by atoms with Crippen molar-refractivity contribution in [1.29, 1.82) is 0 Å². The summed E-state index contributed by atoms with van der Waals surface area (Å²) < 4.78 is 0. The maximum Gasteiger partial charge on any atom is 0.257 e. The summed E-state index contributed by atoms with van der Waals surface area (Å²) in [7, 11) is 0. The zero-order valence-electron chi connectivity index (χ0n) is 18.0. The van der Waals surface area contributed by atoms with Crippen LogP contribution in [0.1, 0.15) is 66.7 Å². The molecule has 0 bridgehead atoms. The number of unbranched alkanes of at least 4 members (excludes halogenated alkanes) is 1. The molecule has 0 aromatic heterocycles. The first-order valence-electron chi connectivity index (χ1n) is 10.3. The molecule has 1 heterocycles. The maximum atomic E-state index is 12.8. The monoisotopic (exact) mass is 398 g/mol. The van der Waals surface area contributed by atoms with Crippen LogP contribution in [-0.2, 0) is 14.4 Å². The van der Waals surface area contributed by atoms with Gasteiger partial charge in [0, 0.05) is 12.6 Å². The van der Waals surface area contributed by atoms with Crippen LogP contribution >= 0.6 is 0 Å². The van der Waals surface area contributed by atoms with Crippen molar-refractivity contribution in [3.8, 4) is 0 Å². The van der Waals surface area contributed by atoms with Gasteiger partial charge in [-0.3, -0.25) is 24.9 Å². The minimum atomic E-state index is -0.610. The van der Waals surface area contributed by atoms with Crippen molar-refractivity contribution in [1.82, 2.24) is 21.0 Å². The minimum Gasteiger partial charge on any atom is -0.346 e. The molecular weight excluding hydrogens is 360 g/mol. The van der Waals surface area contributed by atoms with Crippen LogP contribution < -0.4 is 16.1 Å². The van der Waals surface area contributed by atoms with Crippen molar-refractivity contribution in [3.05, 3.63) is 0 Å². The quantitative estimate of drug-likeness (QED) is 0.311. The molecule has 3 amide bonds. The van der Waals surface area contributed by atoms with Crippen molar-refractivity contribution in [2.45, 2.75) is 78.8 Å². The summed E-state index contributed by atoms with van der Waals surface area (Å²) in [4.78, 5) is 38.4. The number of hydrogen-bond donors (Lipinski definition) is 4. The number of carbonyl (C=O) groups is 3. The van der Waals surface area contributed by atoms with Gasteiger partial charge in [0.25, 0.3) is 5.91 Å². The molecule has 1 fully saturated rings. The second-order valence-electron chi connectivity index (χ2n) is 9.00. The van der Waals surface area contributed by atoms with Crippen molar-refractivity contribution in [3.63, 3.8) is 0 Å². The fourth-order valence-corrected chi connectivity index (χ4v) is 3.83. The van der Waals surface area contributed by atoms with E-state index in [0.717, 1.165) is 25.7 Å². The fourth-order valence-electron chi connectivity index (χ4n) is 3.83. The van der Waals surface area contributed by atoms with E-state index in [0.29, 0.717) is 18.9 Å². The summed E-state index contributed by atoms with van der Waals surface area (Å²) in [6, 6.07) is -0.367. The second kappa shape index (κ2) is 11.4. The Morgan fingerprint density at radius 1 is 1.21 bits per heavy atom. The van der Waals surface area contributed by atoms with Gasteiger partial charge < -0.3 is 10.2 Å². The Morgan fingerprint density at radius 2 is 1.89 bits per heavy atom. The standard InChI is InChI=1S/C20H38N4O4/c1-6-7-8-16(21-11-17(25)23-28)19(27)22-12-18(26)24-13-20(4,5)10-15(24)9-14(2)3/h14-16,21,28H,6-13H2,1-5H3,(H,22,27)(H,23,25). The molecule has 0 aromatic carbocycles. The Labute approximate surface area is 168 Å². The number of hydrogen-bond acceptors (Lipinski definition) is 5. The van der Waals surface area contributed by atoms with E-state index in [-0.39, 0.29) is 36.4 Å². The van der Waals surface area contributed by atoms with Gasteiger partial charge in [0.1, 0.15) is 0 Å². The molecule has 1 aliphatic rings. The molecule has 8 nitrogen and oxygen atoms in total. The molecule has 0 aromatic rings. The third kappa shape index (κ3) is 8.14. The second-order valence-corrected chi connectivity index (χ2v) is 9.00. The molecule has 0 spiro atoms. The summed E-state index contributed by atoms with van der Waals surface area (Å²) in [5.41, 5.74) is 1.62. The summed E-state index contributed by atoms with van der Waals surface area (Å²) in [6.45, 7) is 11.2. The largest absolute Gasteiger partial charge is 0.346 e. The van der Waals surface area contributed by atoms with Crippen LogP contribution in [0, 0.1) is 11.3 Å². The molecule has 2 atom stereocenters. The normalized spacial score (nSPS) is 19.5. The Kier molecular flexibility index (Phi) is 9.89. The van der Waals surface area contributed by atoms with Crippen LogP contribution in [0.2, 0.25) is 0 Å². The molecule has 0 radical (unpaired) electrons. The highest BCUT2D eigenvalue weighted by atomic mass is 16.5. The van der Waals surface area contributed by atoms with Crippen LogP contribution in [0.4, 0.5) is 0 Å². The molecule has 2 unspecified atom stereocenters. The van der Waals surface area contributed by atoms with Crippen molar-refractivity contribution < 1.29 is 19.6 Å². The van der Waals surface area contributed by atoms with Gasteiger partial charge in [-0.15, -0.1) is 0 Å². The predicted octanol–water partition coefficient (Wildman–Crippen LogP) is 1.43. The van der Waals surface area contributed by atoms with Crippen molar-refractivity contribution in [2.24, 2.45) is 11.3 Å². The van der Waals surface area contributed by atoms with Crippen LogP contribution in [0.15, 0.2) is 0 Å². The number of likely N-dealkylation sites (tertiary alicyclic amines) is 1. The fraction of sp³-hybridized carbons (Fsp3) is 0.850. The van der Waals surface area contributed by atoms with Crippen molar-refractivity contribution >= 4 is 17.7 Å². The van der Waals surface area contributed by atoms with Gasteiger partial charge in [0.05, 0.1) is 19.1 Å². The van der Waals surface area contributed by atoms with E-state index in [1.54, 1.807) is 0 Å². The first kappa shape index (κ1) is 24.4. The zero-order chi connectivity index (χ0) is 21.3. The van der Waals surface area contributed by atoms with Gasteiger partial charge >= 0.3 is 0 Å². The minimum absolute atomic E-state index is 0.0417. The van der Waals surface area contributed by atoms with E-state index < -0.39 is 11.9 Å². The maximum absolute atomic E-state index is 12.8. The molecule has 162 valence electrons. The number of amides is 3. The van der Waals surface area contributed by atoms with Crippen LogP contribution in [0.3, 0.4) is 0 Å². The van der Waals surface area contributed by atoms with Crippen LogP contribution in [0.5, 0.6) is 0 Å². The average molecular weight is 399 g/mol. The van der Waals surface area contributed by atoms with E-state index in [4.69, 9.17) is 5.21 Å². The number of rotatable bonds is 11. The summed E-state index contributed by atoms with van der Waals surface area (Å²) in [5, 5.41) is 14.2. The zero-order valence-corrected chi connectivity index (χ0v) is 18.0. The van der Waals surface area contributed by atoms with E-state index >= 15 is 0 Å². The first-order valence-corrected chi connectivity index (χ1v) is 10.3. The lowest BCUT2D eigenvalue weighted by Gasteiger charge is -2.27. The highest BCUT2D eigenvalue weighted by Gasteiger charge is 2.39. The van der Waals surface area contributed by atoms with Gasteiger partial charge in [0.15, 0.2) is 0 Å². The molecule has 1 aliphatic heterocycles. The van der Waals surface area contributed by atoms with Gasteiger partial charge in [-0.2, -0.15) is 0 Å². The molecule has 1 rings (SSSR count). The van der Waals surface area contributed by atoms with Crippen LogP contribution in [-0.4, -0.2) is 59.5 Å². The van der Waals surface area contributed by atoms with E-state index in [9.17, 15) is 14.4 Å².